The number of hydrogen-bond donors (Lipinski definition) is 1. The highest BCUT2D eigenvalue weighted by Gasteiger charge is 2.32. The molecule has 126 valence electrons. The minimum atomic E-state index is -4.58. The number of halogens is 4. The average molecular weight is 403 g/mol. The molecule has 0 bridgehead atoms. The summed E-state index contributed by atoms with van der Waals surface area (Å²) in [5.74, 6) is -2.36. The molecule has 0 unspecified atom stereocenters. The highest BCUT2D eigenvalue weighted by Crippen LogP contribution is 2.34. The lowest BCUT2D eigenvalue weighted by Gasteiger charge is -2.13. The molecule has 1 N–H and O–H groups in total. The van der Waals surface area contributed by atoms with Crippen molar-refractivity contribution in [2.75, 3.05) is 7.11 Å². The van der Waals surface area contributed by atoms with Crippen molar-refractivity contribution in [2.24, 2.45) is 0 Å². The summed E-state index contributed by atoms with van der Waals surface area (Å²) in [6, 6.07) is 6.41. The summed E-state index contributed by atoms with van der Waals surface area (Å²) in [5, 5.41) is 9.21. The summed E-state index contributed by atoms with van der Waals surface area (Å²) in [6.45, 7) is 0. The van der Waals surface area contributed by atoms with Gasteiger partial charge in [0.1, 0.15) is 5.75 Å². The summed E-state index contributed by atoms with van der Waals surface area (Å²) in [5.41, 5.74) is -1.54. The normalized spacial score (nSPS) is 11.2. The Hall–Kier alpha value is -2.35. The maximum absolute atomic E-state index is 12.8. The molecule has 0 aliphatic carbocycles. The van der Waals surface area contributed by atoms with Crippen LogP contribution >= 0.6 is 15.9 Å². The summed E-state index contributed by atoms with van der Waals surface area (Å²) >= 11 is 3.11. The molecule has 0 aromatic heterocycles. The third-order valence-electron chi connectivity index (χ3n) is 3.23. The number of rotatable bonds is 4. The zero-order chi connectivity index (χ0) is 18.1. The van der Waals surface area contributed by atoms with Gasteiger partial charge in [0.25, 0.3) is 0 Å². The molecular formula is C16H10BrF3O4. The smallest absolute Gasteiger partial charge is 0.416 e. The minimum absolute atomic E-state index is 0.149. The molecule has 0 aliphatic rings. The highest BCUT2D eigenvalue weighted by atomic mass is 79.9. The number of methoxy groups -OCH3 is 1. The van der Waals surface area contributed by atoms with E-state index in [0.717, 1.165) is 19.2 Å². The Bertz CT molecular complexity index is 815. The van der Waals surface area contributed by atoms with Crippen LogP contribution in [0.5, 0.6) is 5.75 Å². The monoisotopic (exact) mass is 402 g/mol. The third kappa shape index (κ3) is 3.59. The van der Waals surface area contributed by atoms with Crippen molar-refractivity contribution >= 4 is 27.7 Å². The van der Waals surface area contributed by atoms with Crippen molar-refractivity contribution in [2.45, 2.75) is 6.18 Å². The second-order valence-corrected chi connectivity index (χ2v) is 5.65. The molecule has 0 fully saturated rings. The van der Waals surface area contributed by atoms with E-state index in [-0.39, 0.29) is 22.4 Å². The molecule has 0 heterocycles. The Morgan fingerprint density at radius 2 is 1.67 bits per heavy atom. The van der Waals surface area contributed by atoms with Crippen LogP contribution in [0.4, 0.5) is 13.2 Å². The van der Waals surface area contributed by atoms with E-state index in [1.807, 2.05) is 0 Å². The number of carbonyl (C=O) groups excluding carboxylic acids is 1. The minimum Gasteiger partial charge on any atom is -0.496 e. The number of carbonyl (C=O) groups is 2. The molecule has 2 aromatic carbocycles. The van der Waals surface area contributed by atoms with Crippen LogP contribution in [0.3, 0.4) is 0 Å². The second kappa shape index (κ2) is 6.64. The first kappa shape index (κ1) is 18.0. The van der Waals surface area contributed by atoms with Gasteiger partial charge in [0.15, 0.2) is 5.78 Å². The molecule has 8 heteroatoms. The van der Waals surface area contributed by atoms with Gasteiger partial charge >= 0.3 is 12.1 Å². The number of alkyl halides is 3. The van der Waals surface area contributed by atoms with Crippen LogP contribution in [0.2, 0.25) is 0 Å². The molecule has 0 atom stereocenters. The van der Waals surface area contributed by atoms with Crippen molar-refractivity contribution in [3.05, 3.63) is 63.1 Å². The van der Waals surface area contributed by atoms with E-state index in [2.05, 4.69) is 15.9 Å². The first-order valence-corrected chi connectivity index (χ1v) is 7.27. The van der Waals surface area contributed by atoms with Gasteiger partial charge < -0.3 is 9.84 Å². The fraction of sp³-hybridized carbons (Fsp3) is 0.125. The number of aromatic carboxylic acids is 1. The third-order valence-corrected chi connectivity index (χ3v) is 3.72. The highest BCUT2D eigenvalue weighted by molar-refractivity contribution is 9.10. The summed E-state index contributed by atoms with van der Waals surface area (Å²) in [6.07, 6.45) is -4.58. The molecule has 2 rings (SSSR count). The summed E-state index contributed by atoms with van der Waals surface area (Å²) in [7, 11) is 1.13. The van der Waals surface area contributed by atoms with E-state index in [9.17, 15) is 27.9 Å². The zero-order valence-corrected chi connectivity index (χ0v) is 13.7. The van der Waals surface area contributed by atoms with Crippen molar-refractivity contribution in [3.8, 4) is 5.75 Å². The lowest BCUT2D eigenvalue weighted by molar-refractivity contribution is -0.137. The van der Waals surface area contributed by atoms with Crippen molar-refractivity contribution in [1.82, 2.24) is 0 Å². The molecule has 0 saturated carbocycles. The topological polar surface area (TPSA) is 63.6 Å². The fourth-order valence-electron chi connectivity index (χ4n) is 2.09. The van der Waals surface area contributed by atoms with Gasteiger partial charge in [0.05, 0.1) is 23.8 Å². The maximum Gasteiger partial charge on any atom is 0.416 e. The van der Waals surface area contributed by atoms with Crippen LogP contribution in [0, 0.1) is 0 Å². The van der Waals surface area contributed by atoms with E-state index >= 15 is 0 Å². The number of benzene rings is 2. The molecule has 0 amide bonds. The standard InChI is InChI=1S/C16H10BrF3O4/c1-24-13-6-8(16(18,19)20)2-4-11(13)14(21)10-5-3-9(17)7-12(10)15(22)23/h2-7H,1H3,(H,22,23). The predicted octanol–water partition coefficient (Wildman–Crippen LogP) is 4.41. The number of carboxylic acid groups (broad SMARTS) is 1. The number of carboxylic acids is 1. The van der Waals surface area contributed by atoms with Gasteiger partial charge in [-0.1, -0.05) is 15.9 Å². The van der Waals surface area contributed by atoms with Crippen LogP contribution in [-0.2, 0) is 6.18 Å². The summed E-state index contributed by atoms with van der Waals surface area (Å²) < 4.78 is 43.6. The van der Waals surface area contributed by atoms with E-state index < -0.39 is 23.5 Å². The lowest BCUT2D eigenvalue weighted by atomic mass is 9.96. The zero-order valence-electron chi connectivity index (χ0n) is 12.1. The Morgan fingerprint density at radius 3 is 2.21 bits per heavy atom. The average Bonchev–Trinajstić information content (AvgIpc) is 2.52. The van der Waals surface area contributed by atoms with Gasteiger partial charge in [-0.3, -0.25) is 4.79 Å². The van der Waals surface area contributed by atoms with Crippen LogP contribution in [0.15, 0.2) is 40.9 Å². The van der Waals surface area contributed by atoms with Gasteiger partial charge in [0.2, 0.25) is 0 Å². The second-order valence-electron chi connectivity index (χ2n) is 4.74. The molecule has 2 aromatic rings. The first-order valence-electron chi connectivity index (χ1n) is 6.48. The SMILES string of the molecule is COc1cc(C(F)(F)F)ccc1C(=O)c1ccc(Br)cc1C(=O)O. The fourth-order valence-corrected chi connectivity index (χ4v) is 2.45. The van der Waals surface area contributed by atoms with Crippen LogP contribution < -0.4 is 4.74 Å². The van der Waals surface area contributed by atoms with Crippen molar-refractivity contribution in [3.63, 3.8) is 0 Å². The Kier molecular flexibility index (Phi) is 4.98. The molecule has 0 radical (unpaired) electrons. The van der Waals surface area contributed by atoms with E-state index in [4.69, 9.17) is 4.74 Å². The molecule has 0 saturated heterocycles. The van der Waals surface area contributed by atoms with Gasteiger partial charge in [0, 0.05) is 10.0 Å². The van der Waals surface area contributed by atoms with Gasteiger partial charge in [-0.2, -0.15) is 13.2 Å². The van der Waals surface area contributed by atoms with Crippen molar-refractivity contribution in [1.29, 1.82) is 0 Å². The Labute approximate surface area is 143 Å². The van der Waals surface area contributed by atoms with Crippen molar-refractivity contribution < 1.29 is 32.6 Å². The van der Waals surface area contributed by atoms with Crippen LogP contribution in [0.1, 0.15) is 31.8 Å². The lowest BCUT2D eigenvalue weighted by Crippen LogP contribution is -2.12. The molecule has 0 aliphatic heterocycles. The number of hydrogen-bond acceptors (Lipinski definition) is 3. The number of ketones is 1. The maximum atomic E-state index is 12.8. The largest absolute Gasteiger partial charge is 0.496 e. The Morgan fingerprint density at radius 1 is 1.04 bits per heavy atom. The van der Waals surface area contributed by atoms with Gasteiger partial charge in [-0.15, -0.1) is 0 Å². The van der Waals surface area contributed by atoms with E-state index in [1.165, 1.54) is 18.2 Å². The van der Waals surface area contributed by atoms with Gasteiger partial charge in [-0.25, -0.2) is 4.79 Å². The molecule has 0 spiro atoms. The Balaban J connectivity index is 2.57. The summed E-state index contributed by atoms with van der Waals surface area (Å²) in [4.78, 5) is 23.9. The van der Waals surface area contributed by atoms with Crippen LogP contribution in [0.25, 0.3) is 0 Å². The quantitative estimate of drug-likeness (QED) is 0.769. The van der Waals surface area contributed by atoms with E-state index in [0.29, 0.717) is 10.5 Å². The molecule has 24 heavy (non-hydrogen) atoms. The molecular weight excluding hydrogens is 393 g/mol. The van der Waals surface area contributed by atoms with Gasteiger partial charge in [-0.05, 0) is 36.4 Å². The number of ether oxygens (including phenoxy) is 1. The first-order chi connectivity index (χ1) is 11.1. The van der Waals surface area contributed by atoms with E-state index in [1.54, 1.807) is 0 Å². The van der Waals surface area contributed by atoms with Crippen LogP contribution in [-0.4, -0.2) is 24.0 Å². The predicted molar refractivity (Wildman–Crippen MR) is 82.5 cm³/mol. The molecule has 4 nitrogen and oxygen atoms in total.